The Bertz CT molecular complexity index is 519. The molecule has 0 N–H and O–H groups in total. The molecule has 1 fully saturated rings. The Kier molecular flexibility index (Phi) is 3.94. The largest absolute Gasteiger partial charge is 0.252 e. The van der Waals surface area contributed by atoms with Gasteiger partial charge in [-0.15, -0.1) is 11.3 Å². The van der Waals surface area contributed by atoms with Gasteiger partial charge < -0.3 is 0 Å². The summed E-state index contributed by atoms with van der Waals surface area (Å²) in [4.78, 5) is 0. The Morgan fingerprint density at radius 1 is 1.33 bits per heavy atom. The summed E-state index contributed by atoms with van der Waals surface area (Å²) in [7, 11) is -3.29. The van der Waals surface area contributed by atoms with Crippen molar-refractivity contribution in [3.63, 3.8) is 0 Å². The van der Waals surface area contributed by atoms with Crippen LogP contribution in [0.25, 0.3) is 0 Å². The highest BCUT2D eigenvalue weighted by molar-refractivity contribution is 9.11. The first-order valence-electron chi connectivity index (χ1n) is 5.98. The van der Waals surface area contributed by atoms with Crippen LogP contribution in [0.15, 0.2) is 14.1 Å². The van der Waals surface area contributed by atoms with E-state index in [2.05, 4.69) is 29.8 Å². The van der Waals surface area contributed by atoms with E-state index in [4.69, 9.17) is 0 Å². The first-order valence-corrected chi connectivity index (χ1v) is 9.03. The van der Waals surface area contributed by atoms with Gasteiger partial charge in [0.05, 0.1) is 3.79 Å². The van der Waals surface area contributed by atoms with Gasteiger partial charge in [-0.3, -0.25) is 0 Å². The molecule has 3 nitrogen and oxygen atoms in total. The summed E-state index contributed by atoms with van der Waals surface area (Å²) < 4.78 is 27.9. The number of hydrogen-bond donors (Lipinski definition) is 0. The van der Waals surface area contributed by atoms with E-state index in [-0.39, 0.29) is 5.41 Å². The first kappa shape index (κ1) is 14.5. The minimum Gasteiger partial charge on any atom is -0.206 e. The van der Waals surface area contributed by atoms with Crippen molar-refractivity contribution < 1.29 is 8.42 Å². The summed E-state index contributed by atoms with van der Waals surface area (Å²) in [6.07, 6.45) is 1.86. The second kappa shape index (κ2) is 4.89. The van der Waals surface area contributed by atoms with Crippen molar-refractivity contribution in [2.24, 2.45) is 5.41 Å². The Morgan fingerprint density at radius 3 is 2.33 bits per heavy atom. The molecule has 0 saturated carbocycles. The molecule has 1 aromatic rings. The summed E-state index contributed by atoms with van der Waals surface area (Å²) in [6.45, 7) is 7.57. The lowest BCUT2D eigenvalue weighted by molar-refractivity contribution is 0.196. The van der Waals surface area contributed by atoms with E-state index in [0.717, 1.165) is 22.2 Å². The van der Waals surface area contributed by atoms with E-state index < -0.39 is 10.0 Å². The molecule has 102 valence electrons. The van der Waals surface area contributed by atoms with Crippen LogP contribution in [-0.4, -0.2) is 25.8 Å². The summed E-state index contributed by atoms with van der Waals surface area (Å²) in [5.74, 6) is 0. The Morgan fingerprint density at radius 2 is 1.89 bits per heavy atom. The van der Waals surface area contributed by atoms with E-state index in [1.54, 1.807) is 10.4 Å². The molecule has 0 bridgehead atoms. The smallest absolute Gasteiger partial charge is 0.206 e. The highest BCUT2D eigenvalue weighted by Crippen LogP contribution is 2.36. The molecule has 0 unspecified atom stereocenters. The average Bonchev–Trinajstić information content (AvgIpc) is 2.59. The van der Waals surface area contributed by atoms with Crippen molar-refractivity contribution in [2.75, 3.05) is 13.1 Å². The number of piperidine rings is 1. The third kappa shape index (κ3) is 2.81. The zero-order chi connectivity index (χ0) is 13.6. The Balaban J connectivity index is 2.22. The van der Waals surface area contributed by atoms with Gasteiger partial charge in [-0.1, -0.05) is 13.8 Å². The molecule has 2 heterocycles. The van der Waals surface area contributed by atoms with Crippen molar-refractivity contribution in [1.82, 2.24) is 4.31 Å². The van der Waals surface area contributed by atoms with Crippen molar-refractivity contribution in [1.29, 1.82) is 0 Å². The summed E-state index contributed by atoms with van der Waals surface area (Å²) in [5, 5.41) is 0. The van der Waals surface area contributed by atoms with E-state index in [9.17, 15) is 8.42 Å². The topological polar surface area (TPSA) is 37.4 Å². The third-order valence-corrected chi connectivity index (χ3v) is 7.99. The number of halogens is 1. The number of hydrogen-bond acceptors (Lipinski definition) is 3. The van der Waals surface area contributed by atoms with Crippen LogP contribution >= 0.6 is 27.3 Å². The highest BCUT2D eigenvalue weighted by Gasteiger charge is 2.33. The van der Waals surface area contributed by atoms with Crippen LogP contribution in [0.3, 0.4) is 0 Å². The maximum absolute atomic E-state index is 12.5. The Labute approximate surface area is 121 Å². The van der Waals surface area contributed by atoms with Gasteiger partial charge in [0.25, 0.3) is 10.0 Å². The molecule has 0 spiro atoms. The van der Waals surface area contributed by atoms with Crippen molar-refractivity contribution in [3.8, 4) is 0 Å². The fourth-order valence-corrected chi connectivity index (χ4v) is 5.84. The molecule has 18 heavy (non-hydrogen) atoms. The van der Waals surface area contributed by atoms with Gasteiger partial charge in [-0.2, -0.15) is 4.31 Å². The van der Waals surface area contributed by atoms with Crippen LogP contribution < -0.4 is 0 Å². The molecule has 0 atom stereocenters. The third-order valence-electron chi connectivity index (χ3n) is 3.50. The fraction of sp³-hybridized carbons (Fsp3) is 0.667. The van der Waals surface area contributed by atoms with Gasteiger partial charge >= 0.3 is 0 Å². The molecular formula is C12H18BrNO2S2. The van der Waals surface area contributed by atoms with Gasteiger partial charge in [0.15, 0.2) is 0 Å². The summed E-state index contributed by atoms with van der Waals surface area (Å²) in [5.41, 5.74) is 1.24. The lowest BCUT2D eigenvalue weighted by atomic mass is 9.83. The molecular weight excluding hydrogens is 334 g/mol. The van der Waals surface area contributed by atoms with Gasteiger partial charge in [-0.05, 0) is 52.7 Å². The number of thiophene rings is 1. The van der Waals surface area contributed by atoms with E-state index in [1.807, 2.05) is 6.92 Å². The number of nitrogens with zero attached hydrogens (tertiary/aromatic N) is 1. The van der Waals surface area contributed by atoms with Crippen LogP contribution in [0.2, 0.25) is 0 Å². The first-order chi connectivity index (χ1) is 8.22. The van der Waals surface area contributed by atoms with E-state index in [0.29, 0.717) is 17.3 Å². The molecule has 0 aromatic carbocycles. The van der Waals surface area contributed by atoms with Gasteiger partial charge in [0.2, 0.25) is 0 Å². The van der Waals surface area contributed by atoms with E-state index >= 15 is 0 Å². The Hall–Kier alpha value is 0.0900. The predicted molar refractivity (Wildman–Crippen MR) is 78.5 cm³/mol. The van der Waals surface area contributed by atoms with Crippen LogP contribution in [0.4, 0.5) is 0 Å². The summed E-state index contributed by atoms with van der Waals surface area (Å²) >= 11 is 4.69. The molecule has 1 aliphatic heterocycles. The van der Waals surface area contributed by atoms with Gasteiger partial charge in [0, 0.05) is 13.1 Å². The molecule has 0 radical (unpaired) electrons. The number of rotatable bonds is 2. The second-order valence-electron chi connectivity index (χ2n) is 5.59. The van der Waals surface area contributed by atoms with Crippen molar-refractivity contribution in [2.45, 2.75) is 37.8 Å². The van der Waals surface area contributed by atoms with Gasteiger partial charge in [0.1, 0.15) is 4.21 Å². The fourth-order valence-electron chi connectivity index (χ4n) is 2.02. The highest BCUT2D eigenvalue weighted by atomic mass is 79.9. The molecule has 0 aliphatic carbocycles. The maximum Gasteiger partial charge on any atom is 0.252 e. The molecule has 1 aliphatic rings. The van der Waals surface area contributed by atoms with Crippen LogP contribution in [0.1, 0.15) is 32.3 Å². The normalized spacial score (nSPS) is 21.1. The van der Waals surface area contributed by atoms with Crippen LogP contribution in [0.5, 0.6) is 0 Å². The molecule has 2 rings (SSSR count). The standard InChI is InChI=1S/C12H18BrNO2S2/c1-9-8-10(17-11(9)13)18(15,16)14-6-4-12(2,3)5-7-14/h8H,4-7H2,1-3H3. The number of aryl methyl sites for hydroxylation is 1. The lowest BCUT2D eigenvalue weighted by Gasteiger charge is -2.35. The van der Waals surface area contributed by atoms with Crippen LogP contribution in [0, 0.1) is 12.3 Å². The maximum atomic E-state index is 12.5. The summed E-state index contributed by atoms with van der Waals surface area (Å²) in [6, 6.07) is 1.75. The zero-order valence-corrected chi connectivity index (χ0v) is 14.1. The quantitative estimate of drug-likeness (QED) is 0.815. The lowest BCUT2D eigenvalue weighted by Crippen LogP contribution is -2.40. The zero-order valence-electron chi connectivity index (χ0n) is 10.9. The van der Waals surface area contributed by atoms with E-state index in [1.165, 1.54) is 11.3 Å². The second-order valence-corrected chi connectivity index (χ2v) is 10.1. The molecule has 1 saturated heterocycles. The number of sulfonamides is 1. The minimum absolute atomic E-state index is 0.262. The molecule has 1 aromatic heterocycles. The SMILES string of the molecule is Cc1cc(S(=O)(=O)N2CCC(C)(C)CC2)sc1Br. The molecule has 6 heteroatoms. The minimum atomic E-state index is -3.29. The average molecular weight is 352 g/mol. The van der Waals surface area contributed by atoms with Crippen molar-refractivity contribution >= 4 is 37.3 Å². The van der Waals surface area contributed by atoms with Crippen LogP contribution in [-0.2, 0) is 10.0 Å². The monoisotopic (exact) mass is 351 g/mol. The van der Waals surface area contributed by atoms with Gasteiger partial charge in [-0.25, -0.2) is 8.42 Å². The predicted octanol–water partition coefficient (Wildman–Crippen LogP) is 3.63. The molecule has 0 amide bonds. The van der Waals surface area contributed by atoms with Crippen molar-refractivity contribution in [3.05, 3.63) is 15.4 Å².